The fourth-order valence-electron chi connectivity index (χ4n) is 8.62. The van der Waals surface area contributed by atoms with E-state index in [0.717, 1.165) is 42.4 Å². The molecule has 0 bridgehead atoms. The summed E-state index contributed by atoms with van der Waals surface area (Å²) in [6.07, 6.45) is 17.9. The van der Waals surface area contributed by atoms with Gasteiger partial charge in [0.2, 0.25) is 0 Å². The van der Waals surface area contributed by atoms with E-state index in [2.05, 4.69) is 53.7 Å². The molecular weight excluding hydrogens is 364 g/mol. The normalized spacial score (nSPS) is 43.5. The van der Waals surface area contributed by atoms with Gasteiger partial charge in [-0.2, -0.15) is 0 Å². The smallest absolute Gasteiger partial charge is 0.0543 e. The second-order valence-electron chi connectivity index (χ2n) is 12.4. The molecule has 0 radical (unpaired) electrons. The van der Waals surface area contributed by atoms with E-state index in [1.54, 1.807) is 0 Å². The van der Waals surface area contributed by atoms with Gasteiger partial charge >= 0.3 is 0 Å². The van der Waals surface area contributed by atoms with Crippen LogP contribution in [-0.4, -0.2) is 11.2 Å². The summed E-state index contributed by atoms with van der Waals surface area (Å²) in [6, 6.07) is 0. The Morgan fingerprint density at radius 3 is 2.47 bits per heavy atom. The van der Waals surface area contributed by atoms with Crippen molar-refractivity contribution in [2.45, 2.75) is 112 Å². The average molecular weight is 413 g/mol. The van der Waals surface area contributed by atoms with Crippen molar-refractivity contribution in [3.8, 4) is 0 Å². The van der Waals surface area contributed by atoms with E-state index in [-0.39, 0.29) is 6.10 Å². The van der Waals surface area contributed by atoms with Crippen molar-refractivity contribution in [2.75, 3.05) is 0 Å². The maximum atomic E-state index is 10.3. The molecule has 8 atom stereocenters. The lowest BCUT2D eigenvalue weighted by Crippen LogP contribution is -2.45. The van der Waals surface area contributed by atoms with Gasteiger partial charge in [0.1, 0.15) is 0 Å². The van der Waals surface area contributed by atoms with Crippen LogP contribution in [0.25, 0.3) is 0 Å². The van der Waals surface area contributed by atoms with Gasteiger partial charge in [-0.25, -0.2) is 0 Å². The summed E-state index contributed by atoms with van der Waals surface area (Å²) < 4.78 is 0. The van der Waals surface area contributed by atoms with Crippen molar-refractivity contribution < 1.29 is 5.11 Å². The Hall–Kier alpha value is -0.560. The Morgan fingerprint density at radius 2 is 1.77 bits per heavy atom. The maximum Gasteiger partial charge on any atom is 0.0543 e. The first-order chi connectivity index (χ1) is 14.2. The zero-order valence-electron chi connectivity index (χ0n) is 20.7. The Bertz CT molecular complexity index is 686. The van der Waals surface area contributed by atoms with Gasteiger partial charge in [0.15, 0.2) is 0 Å². The first-order valence-corrected chi connectivity index (χ1v) is 13.3. The van der Waals surface area contributed by atoms with E-state index in [0.29, 0.717) is 16.7 Å². The van der Waals surface area contributed by atoms with Gasteiger partial charge in [-0.1, -0.05) is 64.8 Å². The van der Waals surface area contributed by atoms with Crippen LogP contribution >= 0.6 is 0 Å². The molecule has 4 rings (SSSR count). The summed E-state index contributed by atoms with van der Waals surface area (Å²) in [5.41, 5.74) is 4.65. The van der Waals surface area contributed by atoms with E-state index in [1.807, 2.05) is 11.1 Å². The molecule has 1 N–H and O–H groups in total. The molecular formula is C29H48O. The standard InChI is InChI=1S/C29H48O/c1-7-21(19(2)3)9-8-20(4)25-12-13-26-24-11-10-22-18-23(30)14-16-28(22,5)27(24)15-17-29(25,26)6/h8-9,19-23,25-26,30H,7,10-18H2,1-6H3/b9-8+/t20-,21+,22+,23+,25?,26?,28?,29?/m1/s1. The quantitative estimate of drug-likeness (QED) is 0.454. The van der Waals surface area contributed by atoms with Crippen molar-refractivity contribution in [3.63, 3.8) is 0 Å². The van der Waals surface area contributed by atoms with Crippen molar-refractivity contribution in [1.29, 1.82) is 0 Å². The van der Waals surface area contributed by atoms with Gasteiger partial charge < -0.3 is 5.11 Å². The van der Waals surface area contributed by atoms with Gasteiger partial charge in [-0.3, -0.25) is 0 Å². The summed E-state index contributed by atoms with van der Waals surface area (Å²) >= 11 is 0. The fourth-order valence-corrected chi connectivity index (χ4v) is 8.62. The van der Waals surface area contributed by atoms with Crippen LogP contribution in [0.15, 0.2) is 23.3 Å². The Morgan fingerprint density at radius 1 is 1.00 bits per heavy atom. The van der Waals surface area contributed by atoms with Crippen LogP contribution in [0.4, 0.5) is 0 Å². The number of aliphatic hydroxyl groups is 1. The van der Waals surface area contributed by atoms with Crippen LogP contribution in [0.2, 0.25) is 0 Å². The number of rotatable bonds is 5. The van der Waals surface area contributed by atoms with E-state index >= 15 is 0 Å². The van der Waals surface area contributed by atoms with Crippen LogP contribution < -0.4 is 0 Å². The third-order valence-electron chi connectivity index (χ3n) is 10.7. The van der Waals surface area contributed by atoms with Gasteiger partial charge in [-0.05, 0) is 111 Å². The summed E-state index contributed by atoms with van der Waals surface area (Å²) in [6.45, 7) is 14.8. The third kappa shape index (κ3) is 3.66. The van der Waals surface area contributed by atoms with E-state index < -0.39 is 0 Å². The Balaban J connectivity index is 1.55. The highest BCUT2D eigenvalue weighted by Crippen LogP contribution is 2.65. The maximum absolute atomic E-state index is 10.3. The topological polar surface area (TPSA) is 20.2 Å². The zero-order chi connectivity index (χ0) is 21.7. The zero-order valence-corrected chi connectivity index (χ0v) is 20.7. The van der Waals surface area contributed by atoms with Crippen LogP contribution in [0, 0.1) is 46.3 Å². The molecule has 0 spiro atoms. The van der Waals surface area contributed by atoms with Crippen LogP contribution in [0.1, 0.15) is 106 Å². The van der Waals surface area contributed by atoms with Crippen LogP contribution in [-0.2, 0) is 0 Å². The molecule has 0 heterocycles. The SMILES string of the molecule is CC[C@@H](/C=C/[C@@H](C)C1CCC2C3=C(CCC21C)C1(C)CC[C@H](O)C[C@@H]1CC3)C(C)C. The van der Waals surface area contributed by atoms with Crippen molar-refractivity contribution in [1.82, 2.24) is 0 Å². The molecule has 0 saturated heterocycles. The number of allylic oxidation sites excluding steroid dienone is 4. The molecule has 0 aliphatic heterocycles. The number of aliphatic hydroxyl groups excluding tert-OH is 1. The minimum atomic E-state index is -0.0413. The van der Waals surface area contributed by atoms with Crippen LogP contribution in [0.5, 0.6) is 0 Å². The monoisotopic (exact) mass is 412 g/mol. The third-order valence-corrected chi connectivity index (χ3v) is 10.7. The molecule has 0 aromatic heterocycles. The van der Waals surface area contributed by atoms with E-state index in [9.17, 15) is 5.11 Å². The van der Waals surface area contributed by atoms with Crippen molar-refractivity contribution >= 4 is 0 Å². The molecule has 4 unspecified atom stereocenters. The summed E-state index contributed by atoms with van der Waals surface area (Å²) in [5.74, 6) is 4.58. The summed E-state index contributed by atoms with van der Waals surface area (Å²) in [7, 11) is 0. The molecule has 30 heavy (non-hydrogen) atoms. The first kappa shape index (κ1) is 22.6. The molecule has 1 heteroatoms. The first-order valence-electron chi connectivity index (χ1n) is 13.3. The minimum Gasteiger partial charge on any atom is -0.393 e. The molecule has 4 aliphatic rings. The highest BCUT2D eigenvalue weighted by molar-refractivity contribution is 5.34. The lowest BCUT2D eigenvalue weighted by Gasteiger charge is -2.55. The Labute approximate surface area is 186 Å². The van der Waals surface area contributed by atoms with Gasteiger partial charge in [0.25, 0.3) is 0 Å². The molecule has 2 fully saturated rings. The average Bonchev–Trinajstić information content (AvgIpc) is 3.06. The van der Waals surface area contributed by atoms with Crippen LogP contribution in [0.3, 0.4) is 0 Å². The molecule has 0 aromatic carbocycles. The number of hydrogen-bond acceptors (Lipinski definition) is 1. The summed E-state index contributed by atoms with van der Waals surface area (Å²) in [4.78, 5) is 0. The lowest BCUT2D eigenvalue weighted by molar-refractivity contribution is 0.0145. The molecule has 2 saturated carbocycles. The second-order valence-corrected chi connectivity index (χ2v) is 12.4. The van der Waals surface area contributed by atoms with Gasteiger partial charge in [-0.15, -0.1) is 0 Å². The second kappa shape index (κ2) is 8.42. The van der Waals surface area contributed by atoms with Gasteiger partial charge in [0, 0.05) is 0 Å². The highest BCUT2D eigenvalue weighted by atomic mass is 16.3. The minimum absolute atomic E-state index is 0.0413. The number of fused-ring (bicyclic) bond motifs is 4. The number of hydrogen-bond donors (Lipinski definition) is 1. The molecule has 0 amide bonds. The molecule has 170 valence electrons. The Kier molecular flexibility index (Phi) is 6.35. The van der Waals surface area contributed by atoms with Crippen molar-refractivity contribution in [3.05, 3.63) is 23.3 Å². The lowest BCUT2D eigenvalue weighted by atomic mass is 9.50. The largest absolute Gasteiger partial charge is 0.393 e. The van der Waals surface area contributed by atoms with Gasteiger partial charge in [0.05, 0.1) is 6.10 Å². The van der Waals surface area contributed by atoms with Crippen molar-refractivity contribution in [2.24, 2.45) is 46.3 Å². The predicted molar refractivity (Wildman–Crippen MR) is 128 cm³/mol. The molecule has 1 nitrogen and oxygen atoms in total. The van der Waals surface area contributed by atoms with E-state index in [1.165, 1.54) is 51.4 Å². The summed E-state index contributed by atoms with van der Waals surface area (Å²) in [5, 5.41) is 10.3. The van der Waals surface area contributed by atoms with E-state index in [4.69, 9.17) is 0 Å². The predicted octanol–water partition coefficient (Wildman–Crippen LogP) is 7.94. The molecule has 0 aromatic rings. The molecule has 4 aliphatic carbocycles. The fraction of sp³-hybridized carbons (Fsp3) is 0.862. The highest BCUT2D eigenvalue weighted by Gasteiger charge is 2.55.